The maximum atomic E-state index is 11.4. The largest absolute Gasteiger partial charge is 0.465 e. The summed E-state index contributed by atoms with van der Waals surface area (Å²) >= 11 is 0. The van der Waals surface area contributed by atoms with Crippen molar-refractivity contribution in [3.05, 3.63) is 0 Å². The predicted molar refractivity (Wildman–Crippen MR) is 99.5 cm³/mol. The molecule has 0 amide bonds. The Morgan fingerprint density at radius 3 is 1.52 bits per heavy atom. The molecule has 0 aromatic rings. The Labute approximate surface area is 144 Å². The van der Waals surface area contributed by atoms with Gasteiger partial charge in [0.05, 0.1) is 6.61 Å². The predicted octanol–water partition coefficient (Wildman–Crippen LogP) is 5.75. The molecule has 0 saturated heterocycles. The fourth-order valence-electron chi connectivity index (χ4n) is 2.93. The first kappa shape index (κ1) is 22.4. The third kappa shape index (κ3) is 16.1. The minimum Gasteiger partial charge on any atom is -0.465 e. The van der Waals surface area contributed by atoms with E-state index in [4.69, 9.17) is 10.5 Å². The van der Waals surface area contributed by atoms with Crippen LogP contribution in [-0.4, -0.2) is 18.6 Å². The van der Waals surface area contributed by atoms with Gasteiger partial charge < -0.3 is 10.5 Å². The zero-order valence-electron chi connectivity index (χ0n) is 15.8. The lowest BCUT2D eigenvalue weighted by Gasteiger charge is -2.09. The van der Waals surface area contributed by atoms with E-state index in [0.717, 1.165) is 12.8 Å². The Morgan fingerprint density at radius 1 is 0.739 bits per heavy atom. The first-order chi connectivity index (χ1) is 11.2. The summed E-state index contributed by atoms with van der Waals surface area (Å²) in [5.74, 6) is -0.248. The van der Waals surface area contributed by atoms with Crippen LogP contribution in [0.4, 0.5) is 0 Å². The molecule has 0 rings (SSSR count). The Morgan fingerprint density at radius 2 is 1.13 bits per heavy atom. The van der Waals surface area contributed by atoms with Crippen molar-refractivity contribution in [3.8, 4) is 0 Å². The molecule has 3 nitrogen and oxygen atoms in total. The molecule has 0 bridgehead atoms. The Bertz CT molecular complexity index is 256. The number of ether oxygens (including phenoxy) is 1. The third-order valence-electron chi connectivity index (χ3n) is 4.46. The number of unbranched alkanes of at least 4 members (excludes halogenated alkanes) is 13. The highest BCUT2D eigenvalue weighted by Gasteiger charge is 2.13. The van der Waals surface area contributed by atoms with Gasteiger partial charge in [-0.2, -0.15) is 0 Å². The van der Waals surface area contributed by atoms with Crippen LogP contribution >= 0.6 is 0 Å². The quantitative estimate of drug-likeness (QED) is 0.273. The minimum atomic E-state index is -0.424. The van der Waals surface area contributed by atoms with Crippen LogP contribution in [0.5, 0.6) is 0 Å². The second-order valence-corrected chi connectivity index (χ2v) is 6.74. The number of carbonyl (C=O) groups is 1. The number of hydrogen-bond donors (Lipinski definition) is 1. The van der Waals surface area contributed by atoms with Crippen molar-refractivity contribution in [2.45, 2.75) is 116 Å². The molecule has 0 aromatic heterocycles. The first-order valence-electron chi connectivity index (χ1n) is 10.1. The molecule has 0 fully saturated rings. The lowest BCUT2D eigenvalue weighted by Crippen LogP contribution is -2.32. The van der Waals surface area contributed by atoms with Gasteiger partial charge in [-0.3, -0.25) is 4.79 Å². The van der Waals surface area contributed by atoms with Crippen LogP contribution in [0, 0.1) is 0 Å². The van der Waals surface area contributed by atoms with E-state index in [1.54, 1.807) is 0 Å². The smallest absolute Gasteiger partial charge is 0.322 e. The molecule has 138 valence electrons. The lowest BCUT2D eigenvalue weighted by atomic mass is 10.0. The summed E-state index contributed by atoms with van der Waals surface area (Å²) in [6.45, 7) is 4.51. The van der Waals surface area contributed by atoms with Crippen molar-refractivity contribution >= 4 is 5.97 Å². The monoisotopic (exact) mass is 327 g/mol. The highest BCUT2D eigenvalue weighted by molar-refractivity contribution is 5.75. The topological polar surface area (TPSA) is 52.3 Å². The average Bonchev–Trinajstić information content (AvgIpc) is 2.55. The fraction of sp³-hybridized carbons (Fsp3) is 0.950. The first-order valence-corrected chi connectivity index (χ1v) is 10.1. The van der Waals surface area contributed by atoms with Crippen molar-refractivity contribution in [1.29, 1.82) is 0 Å². The van der Waals surface area contributed by atoms with E-state index >= 15 is 0 Å². The summed E-state index contributed by atoms with van der Waals surface area (Å²) in [5.41, 5.74) is 5.78. The van der Waals surface area contributed by atoms with Gasteiger partial charge in [0.15, 0.2) is 0 Å². The molecule has 0 aromatic carbocycles. The molecule has 0 radical (unpaired) electrons. The molecule has 0 aliphatic rings. The summed E-state index contributed by atoms with van der Waals surface area (Å²) < 4.78 is 4.91. The Hall–Kier alpha value is -0.570. The molecular formula is C20H41NO2. The van der Waals surface area contributed by atoms with Crippen LogP contribution in [0.15, 0.2) is 0 Å². The third-order valence-corrected chi connectivity index (χ3v) is 4.46. The van der Waals surface area contributed by atoms with E-state index in [9.17, 15) is 4.79 Å². The molecule has 3 heteroatoms. The van der Waals surface area contributed by atoms with Crippen LogP contribution in [0.2, 0.25) is 0 Å². The van der Waals surface area contributed by atoms with Crippen LogP contribution in [0.3, 0.4) is 0 Å². The maximum absolute atomic E-state index is 11.4. The molecule has 23 heavy (non-hydrogen) atoms. The Kier molecular flexibility index (Phi) is 17.3. The van der Waals surface area contributed by atoms with E-state index < -0.39 is 6.04 Å². The van der Waals surface area contributed by atoms with Crippen LogP contribution in [-0.2, 0) is 9.53 Å². The highest BCUT2D eigenvalue weighted by Crippen LogP contribution is 2.13. The summed E-state index contributed by atoms with van der Waals surface area (Å²) in [6, 6.07) is -0.424. The zero-order valence-corrected chi connectivity index (χ0v) is 15.8. The summed E-state index contributed by atoms with van der Waals surface area (Å²) in [5, 5.41) is 0. The summed E-state index contributed by atoms with van der Waals surface area (Å²) in [4.78, 5) is 11.4. The van der Waals surface area contributed by atoms with Crippen molar-refractivity contribution in [2.24, 2.45) is 5.73 Å². The van der Waals surface area contributed by atoms with Gasteiger partial charge in [-0.25, -0.2) is 0 Å². The van der Waals surface area contributed by atoms with Gasteiger partial charge in [-0.05, 0) is 13.3 Å². The van der Waals surface area contributed by atoms with Crippen molar-refractivity contribution in [1.82, 2.24) is 0 Å². The van der Waals surface area contributed by atoms with Crippen molar-refractivity contribution in [2.75, 3.05) is 6.61 Å². The SMILES string of the molecule is CCCCCCCCCCCCCCCCC(N)C(=O)OCC. The minimum absolute atomic E-state index is 0.248. The Balaban J connectivity index is 3.14. The molecule has 0 spiro atoms. The second kappa shape index (κ2) is 17.8. The molecular weight excluding hydrogens is 286 g/mol. The van der Waals surface area contributed by atoms with Gasteiger partial charge in [0.1, 0.15) is 6.04 Å². The molecule has 0 aliphatic heterocycles. The fourth-order valence-corrected chi connectivity index (χ4v) is 2.93. The molecule has 2 N–H and O–H groups in total. The van der Waals surface area contributed by atoms with E-state index in [0.29, 0.717) is 6.61 Å². The number of carbonyl (C=O) groups excluding carboxylic acids is 1. The molecule has 0 aliphatic carbocycles. The van der Waals surface area contributed by atoms with E-state index in [-0.39, 0.29) is 5.97 Å². The van der Waals surface area contributed by atoms with Gasteiger partial charge in [-0.15, -0.1) is 0 Å². The number of nitrogens with two attached hydrogens (primary N) is 1. The van der Waals surface area contributed by atoms with E-state index in [2.05, 4.69) is 6.92 Å². The van der Waals surface area contributed by atoms with Gasteiger partial charge in [0, 0.05) is 0 Å². The van der Waals surface area contributed by atoms with Gasteiger partial charge >= 0.3 is 5.97 Å². The normalized spacial score (nSPS) is 12.3. The maximum Gasteiger partial charge on any atom is 0.322 e. The second-order valence-electron chi connectivity index (χ2n) is 6.74. The van der Waals surface area contributed by atoms with Crippen LogP contribution in [0.1, 0.15) is 110 Å². The lowest BCUT2D eigenvalue weighted by molar-refractivity contribution is -0.144. The van der Waals surface area contributed by atoms with E-state index in [1.165, 1.54) is 83.5 Å². The van der Waals surface area contributed by atoms with Gasteiger partial charge in [0.25, 0.3) is 0 Å². The standard InChI is InChI=1S/C20H41NO2/c1-3-5-6-7-8-9-10-11-12-13-14-15-16-17-18-19(21)20(22)23-4-2/h19H,3-18,21H2,1-2H3. The molecule has 0 saturated carbocycles. The molecule has 1 unspecified atom stereocenters. The molecule has 0 heterocycles. The number of hydrogen-bond acceptors (Lipinski definition) is 3. The van der Waals surface area contributed by atoms with Crippen molar-refractivity contribution < 1.29 is 9.53 Å². The molecule has 1 atom stereocenters. The summed E-state index contributed by atoms with van der Waals surface area (Å²) in [7, 11) is 0. The van der Waals surface area contributed by atoms with Gasteiger partial charge in [0.2, 0.25) is 0 Å². The van der Waals surface area contributed by atoms with Crippen molar-refractivity contribution in [3.63, 3.8) is 0 Å². The van der Waals surface area contributed by atoms with E-state index in [1.807, 2.05) is 6.92 Å². The highest BCUT2D eigenvalue weighted by atomic mass is 16.5. The number of esters is 1. The van der Waals surface area contributed by atoms with Gasteiger partial charge in [-0.1, -0.05) is 96.8 Å². The summed E-state index contributed by atoms with van der Waals surface area (Å²) in [6.07, 6.45) is 19.6. The average molecular weight is 328 g/mol. The van der Waals surface area contributed by atoms with Crippen LogP contribution < -0.4 is 5.73 Å². The zero-order chi connectivity index (χ0) is 17.2. The van der Waals surface area contributed by atoms with Crippen LogP contribution in [0.25, 0.3) is 0 Å². The number of rotatable bonds is 17.